The van der Waals surface area contributed by atoms with Gasteiger partial charge in [-0.15, -0.1) is 0 Å². The molecule has 0 aromatic heterocycles. The van der Waals surface area contributed by atoms with Gasteiger partial charge in [0.25, 0.3) is 0 Å². The molecule has 0 aromatic rings. The van der Waals surface area contributed by atoms with Gasteiger partial charge in [-0.2, -0.15) is 0 Å². The van der Waals surface area contributed by atoms with E-state index in [1.54, 1.807) is 0 Å². The fraction of sp³-hybridized carbons (Fsp3) is 0.333. The molecule has 1 heterocycles. The molecule has 2 unspecified atom stereocenters. The maximum atomic E-state index is 3.28. The molecule has 1 nitrogen and oxygen atoms in total. The molecule has 1 aliphatic carbocycles. The van der Waals surface area contributed by atoms with Crippen molar-refractivity contribution >= 4 is 0 Å². The molecular weight excluding hydrogens is 122 g/mol. The highest BCUT2D eigenvalue weighted by Crippen LogP contribution is 2.32. The van der Waals surface area contributed by atoms with Crippen molar-refractivity contribution in [2.24, 2.45) is 5.41 Å². The molecule has 2 atom stereocenters. The van der Waals surface area contributed by atoms with Gasteiger partial charge in [0.2, 0.25) is 0 Å². The van der Waals surface area contributed by atoms with Crippen LogP contribution in [0.3, 0.4) is 0 Å². The summed E-state index contributed by atoms with van der Waals surface area (Å²) >= 11 is 0. The maximum Gasteiger partial charge on any atom is 0.0565 e. The SMILES string of the molecule is CC12C=CC=CC1NC=C2. The molecule has 0 bridgehead atoms. The average Bonchev–Trinajstić information content (AvgIpc) is 2.29. The molecule has 0 fully saturated rings. The third-order valence-corrected chi connectivity index (χ3v) is 2.26. The molecule has 10 heavy (non-hydrogen) atoms. The number of nitrogens with one attached hydrogen (secondary N) is 1. The van der Waals surface area contributed by atoms with Crippen LogP contribution in [0.2, 0.25) is 0 Å². The zero-order chi connectivity index (χ0) is 7.03. The van der Waals surface area contributed by atoms with Gasteiger partial charge in [0.05, 0.1) is 6.04 Å². The van der Waals surface area contributed by atoms with E-state index in [1.165, 1.54) is 0 Å². The summed E-state index contributed by atoms with van der Waals surface area (Å²) in [5.41, 5.74) is 0.231. The Labute approximate surface area is 61.1 Å². The van der Waals surface area contributed by atoms with Gasteiger partial charge in [0.1, 0.15) is 0 Å². The lowest BCUT2D eigenvalue weighted by Crippen LogP contribution is -2.32. The van der Waals surface area contributed by atoms with Gasteiger partial charge in [0, 0.05) is 5.41 Å². The van der Waals surface area contributed by atoms with Gasteiger partial charge in [0.15, 0.2) is 0 Å². The average molecular weight is 133 g/mol. The highest BCUT2D eigenvalue weighted by atomic mass is 14.9. The fourth-order valence-electron chi connectivity index (χ4n) is 1.47. The number of hydrogen-bond acceptors (Lipinski definition) is 1. The number of hydrogen-bond donors (Lipinski definition) is 1. The van der Waals surface area contributed by atoms with Crippen LogP contribution >= 0.6 is 0 Å². The third kappa shape index (κ3) is 0.635. The Morgan fingerprint density at radius 3 is 3.00 bits per heavy atom. The van der Waals surface area contributed by atoms with Gasteiger partial charge in [-0.25, -0.2) is 0 Å². The van der Waals surface area contributed by atoms with Crippen molar-refractivity contribution in [2.45, 2.75) is 13.0 Å². The largest absolute Gasteiger partial charge is 0.384 e. The molecule has 0 saturated carbocycles. The van der Waals surface area contributed by atoms with E-state index < -0.39 is 0 Å². The first-order valence-corrected chi connectivity index (χ1v) is 3.61. The molecule has 0 saturated heterocycles. The van der Waals surface area contributed by atoms with Crippen molar-refractivity contribution < 1.29 is 0 Å². The third-order valence-electron chi connectivity index (χ3n) is 2.26. The molecule has 0 aromatic carbocycles. The second-order valence-electron chi connectivity index (χ2n) is 3.09. The van der Waals surface area contributed by atoms with Crippen molar-refractivity contribution in [1.29, 1.82) is 0 Å². The molecule has 0 radical (unpaired) electrons. The highest BCUT2D eigenvalue weighted by Gasteiger charge is 2.31. The first kappa shape index (κ1) is 5.78. The first-order valence-electron chi connectivity index (χ1n) is 3.61. The Hall–Kier alpha value is -0.980. The maximum absolute atomic E-state index is 3.28. The number of rotatable bonds is 0. The monoisotopic (exact) mass is 133 g/mol. The lowest BCUT2D eigenvalue weighted by molar-refractivity contribution is 0.472. The van der Waals surface area contributed by atoms with E-state index in [4.69, 9.17) is 0 Å². The number of allylic oxidation sites excluding steroid dienone is 2. The standard InChI is InChI=1S/C9H11N/c1-9-5-3-2-4-8(9)10-7-6-9/h2-8,10H,1H3. The van der Waals surface area contributed by atoms with Crippen molar-refractivity contribution in [3.05, 3.63) is 36.6 Å². The van der Waals surface area contributed by atoms with Crippen LogP contribution in [0.15, 0.2) is 36.6 Å². The lowest BCUT2D eigenvalue weighted by atomic mass is 9.81. The van der Waals surface area contributed by atoms with E-state index >= 15 is 0 Å². The summed E-state index contributed by atoms with van der Waals surface area (Å²) in [7, 11) is 0. The van der Waals surface area contributed by atoms with E-state index in [0.717, 1.165) is 0 Å². The molecule has 2 rings (SSSR count). The van der Waals surface area contributed by atoms with Crippen LogP contribution < -0.4 is 5.32 Å². The van der Waals surface area contributed by atoms with E-state index in [2.05, 4.69) is 42.6 Å². The van der Waals surface area contributed by atoms with Crippen molar-refractivity contribution in [1.82, 2.24) is 5.32 Å². The quantitative estimate of drug-likeness (QED) is 0.529. The van der Waals surface area contributed by atoms with Gasteiger partial charge in [-0.1, -0.05) is 37.3 Å². The Balaban J connectivity index is 2.37. The Kier molecular flexibility index (Phi) is 1.01. The minimum absolute atomic E-state index is 0.231. The Bertz CT molecular complexity index is 225. The first-order chi connectivity index (χ1) is 4.81. The van der Waals surface area contributed by atoms with Crippen LogP contribution in [0, 0.1) is 5.41 Å². The molecule has 0 spiro atoms. The fourth-order valence-corrected chi connectivity index (χ4v) is 1.47. The predicted octanol–water partition coefficient (Wildman–Crippen LogP) is 1.60. The van der Waals surface area contributed by atoms with Gasteiger partial charge >= 0.3 is 0 Å². The predicted molar refractivity (Wildman–Crippen MR) is 42.5 cm³/mol. The van der Waals surface area contributed by atoms with Gasteiger partial charge in [-0.05, 0) is 6.20 Å². The summed E-state index contributed by atoms with van der Waals surface area (Å²) in [4.78, 5) is 0. The van der Waals surface area contributed by atoms with Crippen molar-refractivity contribution in [3.8, 4) is 0 Å². The van der Waals surface area contributed by atoms with Gasteiger partial charge in [-0.3, -0.25) is 0 Å². The zero-order valence-electron chi connectivity index (χ0n) is 6.04. The van der Waals surface area contributed by atoms with E-state index in [9.17, 15) is 0 Å². The van der Waals surface area contributed by atoms with E-state index in [1.807, 2.05) is 6.20 Å². The van der Waals surface area contributed by atoms with Crippen LogP contribution in [0.25, 0.3) is 0 Å². The zero-order valence-corrected chi connectivity index (χ0v) is 6.04. The van der Waals surface area contributed by atoms with Gasteiger partial charge < -0.3 is 5.32 Å². The van der Waals surface area contributed by atoms with Crippen molar-refractivity contribution in [2.75, 3.05) is 0 Å². The van der Waals surface area contributed by atoms with E-state index in [0.29, 0.717) is 6.04 Å². The van der Waals surface area contributed by atoms with E-state index in [-0.39, 0.29) is 5.41 Å². The molecule has 0 amide bonds. The van der Waals surface area contributed by atoms with Crippen LogP contribution in [-0.4, -0.2) is 6.04 Å². The second-order valence-corrected chi connectivity index (χ2v) is 3.09. The Morgan fingerprint density at radius 2 is 2.20 bits per heavy atom. The van der Waals surface area contributed by atoms with Crippen LogP contribution in [0.1, 0.15) is 6.92 Å². The van der Waals surface area contributed by atoms with Crippen LogP contribution in [0.4, 0.5) is 0 Å². The van der Waals surface area contributed by atoms with Crippen LogP contribution in [-0.2, 0) is 0 Å². The summed E-state index contributed by atoms with van der Waals surface area (Å²) in [5.74, 6) is 0. The number of fused-ring (bicyclic) bond motifs is 1. The second kappa shape index (κ2) is 1.75. The molecule has 2 aliphatic rings. The highest BCUT2D eigenvalue weighted by molar-refractivity contribution is 5.30. The molecular formula is C9H11N. The summed E-state index contributed by atoms with van der Waals surface area (Å²) < 4.78 is 0. The summed E-state index contributed by atoms with van der Waals surface area (Å²) in [6.45, 7) is 2.23. The summed E-state index contributed by atoms with van der Waals surface area (Å²) in [6, 6.07) is 0.484. The smallest absolute Gasteiger partial charge is 0.0565 e. The molecule has 1 aliphatic heterocycles. The lowest BCUT2D eigenvalue weighted by Gasteiger charge is -2.26. The van der Waals surface area contributed by atoms with Crippen LogP contribution in [0.5, 0.6) is 0 Å². The van der Waals surface area contributed by atoms with Crippen molar-refractivity contribution in [3.63, 3.8) is 0 Å². The molecule has 1 N–H and O–H groups in total. The minimum Gasteiger partial charge on any atom is -0.384 e. The molecule has 52 valence electrons. The summed E-state index contributed by atoms with van der Waals surface area (Å²) in [6.07, 6.45) is 12.9. The summed E-state index contributed by atoms with van der Waals surface area (Å²) in [5, 5.41) is 3.28. The Morgan fingerprint density at radius 1 is 1.30 bits per heavy atom. The topological polar surface area (TPSA) is 12.0 Å². The molecule has 1 heteroatoms. The minimum atomic E-state index is 0.231. The normalized spacial score (nSPS) is 41.5.